The number of rotatable bonds is 4. The number of hydrogen-bond donors (Lipinski definition) is 1. The quantitative estimate of drug-likeness (QED) is 0.824. The zero-order chi connectivity index (χ0) is 18.0. The molecule has 1 fully saturated rings. The first-order valence-corrected chi connectivity index (χ1v) is 9.48. The van der Waals surface area contributed by atoms with Crippen molar-refractivity contribution in [1.29, 1.82) is 0 Å². The third kappa shape index (κ3) is 4.18. The van der Waals surface area contributed by atoms with Gasteiger partial charge in [-0.25, -0.2) is 4.68 Å². The summed E-state index contributed by atoms with van der Waals surface area (Å²) in [6.45, 7) is 4.51. The maximum Gasteiger partial charge on any atom is 0.256 e. The Kier molecular flexibility index (Phi) is 5.70. The van der Waals surface area contributed by atoms with Crippen molar-refractivity contribution >= 4 is 29.1 Å². The topological polar surface area (TPSA) is 46.9 Å². The molecule has 1 aliphatic carbocycles. The normalized spacial score (nSPS) is 20.5. The summed E-state index contributed by atoms with van der Waals surface area (Å²) in [5.74, 6) is 0.615. The molecule has 1 aliphatic rings. The van der Waals surface area contributed by atoms with Gasteiger partial charge in [0.15, 0.2) is 0 Å². The lowest BCUT2D eigenvalue weighted by molar-refractivity contribution is 0.0922. The van der Waals surface area contributed by atoms with Gasteiger partial charge in [0, 0.05) is 11.1 Å². The molecule has 3 rings (SSSR count). The summed E-state index contributed by atoms with van der Waals surface area (Å²) in [5.41, 5.74) is 2.02. The maximum absolute atomic E-state index is 12.7. The number of aryl methyl sites for hydroxylation is 1. The van der Waals surface area contributed by atoms with Crippen LogP contribution in [0.25, 0.3) is 0 Å². The van der Waals surface area contributed by atoms with Crippen LogP contribution in [0.4, 0.5) is 0 Å². The van der Waals surface area contributed by atoms with Crippen molar-refractivity contribution in [2.24, 2.45) is 5.92 Å². The summed E-state index contributed by atoms with van der Waals surface area (Å²) in [5, 5.41) is 8.58. The van der Waals surface area contributed by atoms with Gasteiger partial charge in [-0.1, -0.05) is 48.3 Å². The van der Waals surface area contributed by atoms with Gasteiger partial charge in [0.2, 0.25) is 0 Å². The smallest absolute Gasteiger partial charge is 0.256 e. The van der Waals surface area contributed by atoms with Crippen molar-refractivity contribution in [3.8, 4) is 0 Å². The van der Waals surface area contributed by atoms with Gasteiger partial charge in [0.1, 0.15) is 5.15 Å². The molecule has 0 unspecified atom stereocenters. The van der Waals surface area contributed by atoms with Gasteiger partial charge in [0.25, 0.3) is 5.91 Å². The predicted molar refractivity (Wildman–Crippen MR) is 101 cm³/mol. The summed E-state index contributed by atoms with van der Waals surface area (Å²) in [7, 11) is 0. The van der Waals surface area contributed by atoms with Gasteiger partial charge >= 0.3 is 0 Å². The molecule has 0 radical (unpaired) electrons. The number of carbonyl (C=O) groups is 1. The minimum Gasteiger partial charge on any atom is -0.349 e. The number of amides is 1. The van der Waals surface area contributed by atoms with E-state index in [-0.39, 0.29) is 11.9 Å². The summed E-state index contributed by atoms with van der Waals surface area (Å²) in [6, 6.07) is 7.79. The molecule has 1 amide bonds. The lowest BCUT2D eigenvalue weighted by Gasteiger charge is -2.26. The van der Waals surface area contributed by atoms with Crippen LogP contribution in [0.3, 0.4) is 0 Å². The Hall–Kier alpha value is -1.52. The Morgan fingerprint density at radius 2 is 1.92 bits per heavy atom. The summed E-state index contributed by atoms with van der Waals surface area (Å²) >= 11 is 12.7. The van der Waals surface area contributed by atoms with E-state index in [0.29, 0.717) is 28.0 Å². The summed E-state index contributed by atoms with van der Waals surface area (Å²) < 4.78 is 1.63. The van der Waals surface area contributed by atoms with Gasteiger partial charge in [-0.3, -0.25) is 4.79 Å². The molecule has 1 heterocycles. The van der Waals surface area contributed by atoms with Crippen molar-refractivity contribution in [1.82, 2.24) is 15.1 Å². The molecule has 0 bridgehead atoms. The monoisotopic (exact) mass is 379 g/mol. The molecule has 6 heteroatoms. The highest BCUT2D eigenvalue weighted by molar-refractivity contribution is 6.33. The van der Waals surface area contributed by atoms with E-state index >= 15 is 0 Å². The van der Waals surface area contributed by atoms with Crippen LogP contribution in [0, 0.1) is 12.8 Å². The van der Waals surface area contributed by atoms with Crippen molar-refractivity contribution in [2.45, 2.75) is 52.1 Å². The molecule has 4 nitrogen and oxygen atoms in total. The van der Waals surface area contributed by atoms with Crippen molar-refractivity contribution in [3.63, 3.8) is 0 Å². The van der Waals surface area contributed by atoms with Crippen LogP contribution in [-0.2, 0) is 6.54 Å². The van der Waals surface area contributed by atoms with Crippen LogP contribution in [0.15, 0.2) is 24.3 Å². The van der Waals surface area contributed by atoms with Gasteiger partial charge in [0.05, 0.1) is 17.8 Å². The largest absolute Gasteiger partial charge is 0.349 e. The Morgan fingerprint density at radius 3 is 2.60 bits per heavy atom. The highest BCUT2D eigenvalue weighted by Gasteiger charge is 2.25. The molecule has 1 aromatic carbocycles. The molecule has 25 heavy (non-hydrogen) atoms. The zero-order valence-electron chi connectivity index (χ0n) is 14.6. The fraction of sp³-hybridized carbons (Fsp3) is 0.474. The van der Waals surface area contributed by atoms with Crippen LogP contribution in [0.5, 0.6) is 0 Å². The SMILES string of the molecule is Cc1nn(Cc2ccccc2Cl)c(Cl)c1C(=O)NC1CCC(C)CC1. The minimum absolute atomic E-state index is 0.132. The highest BCUT2D eigenvalue weighted by atomic mass is 35.5. The lowest BCUT2D eigenvalue weighted by Crippen LogP contribution is -2.37. The molecular weight excluding hydrogens is 357 g/mol. The Morgan fingerprint density at radius 1 is 1.24 bits per heavy atom. The molecule has 1 saturated carbocycles. The Labute approximate surface area is 158 Å². The molecular formula is C19H23Cl2N3O. The van der Waals surface area contributed by atoms with E-state index in [2.05, 4.69) is 17.3 Å². The first-order chi connectivity index (χ1) is 12.0. The average molecular weight is 380 g/mol. The second-order valence-electron chi connectivity index (χ2n) is 6.93. The maximum atomic E-state index is 12.7. The summed E-state index contributed by atoms with van der Waals surface area (Å²) in [6.07, 6.45) is 4.36. The molecule has 0 atom stereocenters. The van der Waals surface area contributed by atoms with E-state index in [4.69, 9.17) is 23.2 Å². The van der Waals surface area contributed by atoms with Crippen LogP contribution < -0.4 is 5.32 Å². The number of aromatic nitrogens is 2. The number of hydrogen-bond acceptors (Lipinski definition) is 2. The van der Waals surface area contributed by atoms with Gasteiger partial charge in [-0.2, -0.15) is 5.10 Å². The fourth-order valence-corrected chi connectivity index (χ4v) is 3.88. The molecule has 2 aromatic rings. The van der Waals surface area contributed by atoms with E-state index < -0.39 is 0 Å². The van der Waals surface area contributed by atoms with Crippen LogP contribution in [0.2, 0.25) is 10.2 Å². The van der Waals surface area contributed by atoms with E-state index in [1.165, 1.54) is 0 Å². The van der Waals surface area contributed by atoms with E-state index in [1.807, 2.05) is 31.2 Å². The van der Waals surface area contributed by atoms with Crippen LogP contribution in [-0.4, -0.2) is 21.7 Å². The summed E-state index contributed by atoms with van der Waals surface area (Å²) in [4.78, 5) is 12.7. The van der Waals surface area contributed by atoms with Gasteiger partial charge in [-0.15, -0.1) is 0 Å². The molecule has 0 aliphatic heterocycles. The van der Waals surface area contributed by atoms with Gasteiger partial charge in [-0.05, 0) is 50.2 Å². The molecule has 1 N–H and O–H groups in total. The molecule has 134 valence electrons. The first-order valence-electron chi connectivity index (χ1n) is 8.73. The minimum atomic E-state index is -0.132. The third-order valence-corrected chi connectivity index (χ3v) is 5.67. The highest BCUT2D eigenvalue weighted by Crippen LogP contribution is 2.26. The second kappa shape index (κ2) is 7.79. The van der Waals surface area contributed by atoms with Crippen molar-refractivity contribution < 1.29 is 4.79 Å². The van der Waals surface area contributed by atoms with Crippen LogP contribution >= 0.6 is 23.2 Å². The first kappa shape index (κ1) is 18.3. The number of halogens is 2. The van der Waals surface area contributed by atoms with Crippen molar-refractivity contribution in [3.05, 3.63) is 51.3 Å². The Bertz CT molecular complexity index is 764. The third-order valence-electron chi connectivity index (χ3n) is 4.92. The molecule has 1 aromatic heterocycles. The van der Waals surface area contributed by atoms with Gasteiger partial charge < -0.3 is 5.32 Å². The van der Waals surface area contributed by atoms with Crippen molar-refractivity contribution in [2.75, 3.05) is 0 Å². The Balaban J connectivity index is 1.75. The second-order valence-corrected chi connectivity index (χ2v) is 7.70. The predicted octanol–water partition coefficient (Wildman–Crippen LogP) is 4.86. The van der Waals surface area contributed by atoms with E-state index in [0.717, 1.165) is 37.2 Å². The molecule has 0 spiro atoms. The number of nitrogens with one attached hydrogen (secondary N) is 1. The molecule has 0 saturated heterocycles. The average Bonchev–Trinajstić information content (AvgIpc) is 2.86. The fourth-order valence-electron chi connectivity index (χ4n) is 3.37. The van der Waals surface area contributed by atoms with E-state index in [1.54, 1.807) is 4.68 Å². The number of nitrogens with zero attached hydrogens (tertiary/aromatic N) is 2. The standard InChI is InChI=1S/C19H23Cl2N3O/c1-12-7-9-15(10-8-12)22-19(25)17-13(2)23-24(18(17)21)11-14-5-3-4-6-16(14)20/h3-6,12,15H,7-11H2,1-2H3,(H,22,25). The number of benzene rings is 1. The zero-order valence-corrected chi connectivity index (χ0v) is 16.1. The van der Waals surface area contributed by atoms with Crippen LogP contribution in [0.1, 0.15) is 54.2 Å². The lowest BCUT2D eigenvalue weighted by atomic mass is 9.87. The number of carbonyl (C=O) groups excluding carboxylic acids is 1. The van der Waals surface area contributed by atoms with E-state index in [9.17, 15) is 4.79 Å².